The fourth-order valence-corrected chi connectivity index (χ4v) is 2.14. The van der Waals surface area contributed by atoms with Gasteiger partial charge in [0.25, 0.3) is 6.43 Å². The summed E-state index contributed by atoms with van der Waals surface area (Å²) in [6, 6.07) is 1.46. The van der Waals surface area contributed by atoms with Crippen LogP contribution in [0.25, 0.3) is 16.9 Å². The normalized spacial score (nSPS) is 11.5. The van der Waals surface area contributed by atoms with Gasteiger partial charge in [0.15, 0.2) is 11.5 Å². The first-order valence-electron chi connectivity index (χ1n) is 5.79. The van der Waals surface area contributed by atoms with Gasteiger partial charge < -0.3 is 0 Å². The van der Waals surface area contributed by atoms with Crippen LogP contribution in [0.4, 0.5) is 13.2 Å². The van der Waals surface area contributed by atoms with Gasteiger partial charge in [0, 0.05) is 6.07 Å². The molecular formula is C12H7ClF3N5. The SMILES string of the molecule is Cc1nn2cc(F)c(C(F)F)nc2c1-c1cc(Cl)ncn1. The van der Waals surface area contributed by atoms with Crippen LogP contribution in [0.3, 0.4) is 0 Å². The predicted octanol–water partition coefficient (Wildman–Crippen LogP) is 3.22. The van der Waals surface area contributed by atoms with Crippen LogP contribution in [-0.2, 0) is 0 Å². The van der Waals surface area contributed by atoms with Gasteiger partial charge >= 0.3 is 0 Å². The number of aromatic nitrogens is 5. The monoisotopic (exact) mass is 313 g/mol. The van der Waals surface area contributed by atoms with Crippen LogP contribution in [0.2, 0.25) is 5.15 Å². The van der Waals surface area contributed by atoms with Crippen molar-refractivity contribution in [1.29, 1.82) is 0 Å². The van der Waals surface area contributed by atoms with E-state index in [9.17, 15) is 13.2 Å². The third kappa shape index (κ3) is 2.31. The van der Waals surface area contributed by atoms with E-state index in [1.54, 1.807) is 6.92 Å². The summed E-state index contributed by atoms with van der Waals surface area (Å²) in [6.07, 6.45) is -0.923. The standard InChI is InChI=1S/C12H7ClF3N5/c1-5-9(7-2-8(13)18-4-17-7)12-19-10(11(15)16)6(14)3-21(12)20-5/h2-4,11H,1H3. The molecule has 0 N–H and O–H groups in total. The Morgan fingerprint density at radius 3 is 2.71 bits per heavy atom. The molecular weight excluding hydrogens is 307 g/mol. The minimum absolute atomic E-state index is 0.0824. The summed E-state index contributed by atoms with van der Waals surface area (Å²) >= 11 is 5.79. The van der Waals surface area contributed by atoms with Gasteiger partial charge in [-0.05, 0) is 6.92 Å². The fourth-order valence-electron chi connectivity index (χ4n) is 2.00. The lowest BCUT2D eigenvalue weighted by molar-refractivity contribution is 0.140. The Morgan fingerprint density at radius 2 is 2.05 bits per heavy atom. The van der Waals surface area contributed by atoms with Crippen LogP contribution in [-0.4, -0.2) is 24.6 Å². The Bertz CT molecular complexity index is 833. The van der Waals surface area contributed by atoms with Crippen molar-refractivity contribution < 1.29 is 13.2 Å². The van der Waals surface area contributed by atoms with Crippen LogP contribution < -0.4 is 0 Å². The van der Waals surface area contributed by atoms with Crippen molar-refractivity contribution in [1.82, 2.24) is 24.6 Å². The Kier molecular flexibility index (Phi) is 3.25. The van der Waals surface area contributed by atoms with Crippen LogP contribution in [0.5, 0.6) is 0 Å². The number of halogens is 4. The molecule has 3 aromatic heterocycles. The smallest absolute Gasteiger partial charge is 0.236 e. The van der Waals surface area contributed by atoms with Crippen molar-refractivity contribution in [2.75, 3.05) is 0 Å². The molecule has 21 heavy (non-hydrogen) atoms. The fraction of sp³-hybridized carbons (Fsp3) is 0.167. The first-order chi connectivity index (χ1) is 9.97. The third-order valence-electron chi connectivity index (χ3n) is 2.86. The first-order valence-corrected chi connectivity index (χ1v) is 6.16. The topological polar surface area (TPSA) is 56.0 Å². The molecule has 0 spiro atoms. The zero-order chi connectivity index (χ0) is 15.1. The highest BCUT2D eigenvalue weighted by atomic mass is 35.5. The van der Waals surface area contributed by atoms with Gasteiger partial charge in [-0.25, -0.2) is 32.6 Å². The number of fused-ring (bicyclic) bond motifs is 1. The van der Waals surface area contributed by atoms with Crippen LogP contribution >= 0.6 is 11.6 Å². The predicted molar refractivity (Wildman–Crippen MR) is 68.7 cm³/mol. The lowest BCUT2D eigenvalue weighted by Crippen LogP contribution is -2.01. The Labute approximate surface area is 121 Å². The minimum atomic E-state index is -3.02. The molecule has 9 heteroatoms. The molecule has 3 heterocycles. The minimum Gasteiger partial charge on any atom is -0.236 e. The summed E-state index contributed by atoms with van der Waals surface area (Å²) in [4.78, 5) is 11.4. The summed E-state index contributed by atoms with van der Waals surface area (Å²) in [5.41, 5.74) is 0.397. The van der Waals surface area contributed by atoms with E-state index in [1.807, 2.05) is 0 Å². The third-order valence-corrected chi connectivity index (χ3v) is 3.07. The maximum absolute atomic E-state index is 13.5. The maximum atomic E-state index is 13.5. The van der Waals surface area contributed by atoms with E-state index in [-0.39, 0.29) is 10.8 Å². The number of rotatable bonds is 2. The van der Waals surface area contributed by atoms with Crippen LogP contribution in [0.1, 0.15) is 17.8 Å². The highest BCUT2D eigenvalue weighted by Crippen LogP contribution is 2.29. The number of alkyl halides is 2. The van der Waals surface area contributed by atoms with Crippen molar-refractivity contribution >= 4 is 17.2 Å². The van der Waals surface area contributed by atoms with Gasteiger partial charge in [0.05, 0.1) is 23.1 Å². The quantitative estimate of drug-likeness (QED) is 0.682. The molecule has 0 aromatic carbocycles. The second-order valence-electron chi connectivity index (χ2n) is 4.23. The van der Waals surface area contributed by atoms with Crippen molar-refractivity contribution in [2.45, 2.75) is 13.3 Å². The summed E-state index contributed by atoms with van der Waals surface area (Å²) in [5.74, 6) is -1.12. The highest BCUT2D eigenvalue weighted by Gasteiger charge is 2.21. The van der Waals surface area contributed by atoms with Crippen molar-refractivity contribution in [2.24, 2.45) is 0 Å². The molecule has 108 valence electrons. The van der Waals surface area contributed by atoms with Crippen molar-refractivity contribution in [3.05, 3.63) is 40.9 Å². The number of nitrogens with zero attached hydrogens (tertiary/aromatic N) is 5. The van der Waals surface area contributed by atoms with Crippen LogP contribution in [0.15, 0.2) is 18.6 Å². The molecule has 0 aliphatic rings. The van der Waals surface area contributed by atoms with Gasteiger partial charge in [0.2, 0.25) is 0 Å². The Balaban J connectivity index is 2.32. The van der Waals surface area contributed by atoms with E-state index in [1.165, 1.54) is 12.4 Å². The number of aryl methyl sites for hydroxylation is 1. The summed E-state index contributed by atoms with van der Waals surface area (Å²) < 4.78 is 40.2. The summed E-state index contributed by atoms with van der Waals surface area (Å²) in [6.45, 7) is 1.64. The Morgan fingerprint density at radius 1 is 1.29 bits per heavy atom. The second-order valence-corrected chi connectivity index (χ2v) is 4.62. The average Bonchev–Trinajstić information content (AvgIpc) is 2.72. The van der Waals surface area contributed by atoms with Gasteiger partial charge in [-0.2, -0.15) is 5.10 Å². The molecule has 0 radical (unpaired) electrons. The zero-order valence-electron chi connectivity index (χ0n) is 10.6. The largest absolute Gasteiger partial charge is 0.283 e. The molecule has 0 saturated heterocycles. The summed E-state index contributed by atoms with van der Waals surface area (Å²) in [7, 11) is 0. The molecule has 0 unspecified atom stereocenters. The molecule has 5 nitrogen and oxygen atoms in total. The molecule has 0 atom stereocenters. The number of hydrogen-bond donors (Lipinski definition) is 0. The molecule has 0 amide bonds. The van der Waals surface area contributed by atoms with E-state index >= 15 is 0 Å². The van der Waals surface area contributed by atoms with Gasteiger partial charge in [-0.15, -0.1) is 0 Å². The van der Waals surface area contributed by atoms with Gasteiger partial charge in [0.1, 0.15) is 17.2 Å². The zero-order valence-corrected chi connectivity index (χ0v) is 11.3. The highest BCUT2D eigenvalue weighted by molar-refractivity contribution is 6.29. The number of hydrogen-bond acceptors (Lipinski definition) is 4. The Hall–Kier alpha value is -2.22. The second kappa shape index (κ2) is 4.96. The first kappa shape index (κ1) is 13.7. The van der Waals surface area contributed by atoms with Crippen molar-refractivity contribution in [3.63, 3.8) is 0 Å². The molecule has 0 saturated carbocycles. The van der Waals surface area contributed by atoms with Gasteiger partial charge in [-0.3, -0.25) is 0 Å². The van der Waals surface area contributed by atoms with E-state index in [4.69, 9.17) is 11.6 Å². The lowest BCUT2D eigenvalue weighted by Gasteiger charge is -2.03. The molecule has 3 rings (SSSR count). The molecule has 0 aliphatic carbocycles. The molecule has 3 aromatic rings. The molecule has 0 fully saturated rings. The molecule has 0 bridgehead atoms. The van der Waals surface area contributed by atoms with Crippen LogP contribution in [0, 0.1) is 12.7 Å². The van der Waals surface area contributed by atoms with E-state index < -0.39 is 17.9 Å². The lowest BCUT2D eigenvalue weighted by atomic mass is 10.2. The van der Waals surface area contributed by atoms with E-state index in [2.05, 4.69) is 20.1 Å². The van der Waals surface area contributed by atoms with Crippen molar-refractivity contribution in [3.8, 4) is 11.3 Å². The van der Waals surface area contributed by atoms with Gasteiger partial charge in [-0.1, -0.05) is 11.6 Å². The molecule has 0 aliphatic heterocycles. The average molecular weight is 314 g/mol. The van der Waals surface area contributed by atoms with E-state index in [0.717, 1.165) is 10.7 Å². The maximum Gasteiger partial charge on any atom is 0.283 e. The summed E-state index contributed by atoms with van der Waals surface area (Å²) in [5, 5.41) is 4.24. The van der Waals surface area contributed by atoms with E-state index in [0.29, 0.717) is 17.0 Å².